The molecule has 0 unspecified atom stereocenters. The summed E-state index contributed by atoms with van der Waals surface area (Å²) in [6.45, 7) is 6.81. The van der Waals surface area contributed by atoms with Crippen LogP contribution >= 0.6 is 27.3 Å². The number of nitrogens with zero attached hydrogens (tertiary/aromatic N) is 1. The monoisotopic (exact) mass is 393 g/mol. The molecule has 0 saturated heterocycles. The van der Waals surface area contributed by atoms with E-state index in [1.807, 2.05) is 6.92 Å². The highest BCUT2D eigenvalue weighted by atomic mass is 79.9. The third kappa shape index (κ3) is 4.09. The Balaban J connectivity index is 2.31. The summed E-state index contributed by atoms with van der Waals surface area (Å²) in [4.78, 5) is 1.35. The van der Waals surface area contributed by atoms with Crippen molar-refractivity contribution in [1.29, 1.82) is 0 Å². The number of thiophene rings is 1. The van der Waals surface area contributed by atoms with Gasteiger partial charge in [-0.3, -0.25) is 0 Å². The fourth-order valence-corrected chi connectivity index (χ4v) is 6.97. The second kappa shape index (κ2) is 7.11. The quantitative estimate of drug-likeness (QED) is 0.695. The van der Waals surface area contributed by atoms with E-state index in [1.54, 1.807) is 10.4 Å². The van der Waals surface area contributed by atoms with Crippen LogP contribution in [0.2, 0.25) is 0 Å². The maximum Gasteiger partial charge on any atom is 0.244 e. The molecule has 1 aliphatic rings. The lowest BCUT2D eigenvalue weighted by Gasteiger charge is -2.28. The summed E-state index contributed by atoms with van der Waals surface area (Å²) in [6.07, 6.45) is 5.21. The molecule has 21 heavy (non-hydrogen) atoms. The van der Waals surface area contributed by atoms with Crippen LogP contribution in [0.25, 0.3) is 0 Å². The zero-order chi connectivity index (χ0) is 15.6. The van der Waals surface area contributed by atoms with Gasteiger partial charge in [0.05, 0.1) is 8.68 Å². The van der Waals surface area contributed by atoms with Gasteiger partial charge in [-0.2, -0.15) is 4.31 Å². The van der Waals surface area contributed by atoms with E-state index < -0.39 is 10.0 Å². The first kappa shape index (κ1) is 17.4. The summed E-state index contributed by atoms with van der Waals surface area (Å²) < 4.78 is 28.8. The molecule has 1 aliphatic carbocycles. The van der Waals surface area contributed by atoms with Gasteiger partial charge < -0.3 is 0 Å². The Bertz CT molecular complexity index is 574. The first-order valence-electron chi connectivity index (χ1n) is 7.60. The van der Waals surface area contributed by atoms with Gasteiger partial charge in [-0.1, -0.05) is 26.7 Å². The van der Waals surface area contributed by atoms with E-state index in [2.05, 4.69) is 29.8 Å². The van der Waals surface area contributed by atoms with Gasteiger partial charge in [-0.05, 0) is 54.1 Å². The topological polar surface area (TPSA) is 37.4 Å². The molecule has 0 bridgehead atoms. The third-order valence-electron chi connectivity index (χ3n) is 4.09. The normalized spacial score (nSPS) is 17.2. The van der Waals surface area contributed by atoms with Crippen molar-refractivity contribution in [3.05, 3.63) is 14.7 Å². The van der Waals surface area contributed by atoms with Gasteiger partial charge >= 0.3 is 0 Å². The molecule has 120 valence electrons. The van der Waals surface area contributed by atoms with E-state index in [4.69, 9.17) is 0 Å². The summed E-state index contributed by atoms with van der Waals surface area (Å²) in [5.41, 5.74) is 0. The predicted octanol–water partition coefficient (Wildman–Crippen LogP) is 4.80. The smallest absolute Gasteiger partial charge is 0.207 e. The minimum atomic E-state index is -3.38. The minimum Gasteiger partial charge on any atom is -0.207 e. The van der Waals surface area contributed by atoms with E-state index in [1.165, 1.54) is 11.3 Å². The van der Waals surface area contributed by atoms with Crippen LogP contribution in [-0.4, -0.2) is 25.3 Å². The Morgan fingerprint density at radius 2 is 2.00 bits per heavy atom. The van der Waals surface area contributed by atoms with Crippen LogP contribution in [0.4, 0.5) is 0 Å². The van der Waals surface area contributed by atoms with Gasteiger partial charge in [0.15, 0.2) is 0 Å². The van der Waals surface area contributed by atoms with E-state index in [0.717, 1.165) is 40.8 Å². The molecule has 0 atom stereocenters. The molecule has 3 nitrogen and oxygen atoms in total. The first-order chi connectivity index (χ1) is 9.82. The standard InChI is InChI=1S/C15H24BrNO2S2/c1-11(2)8-9-17(13-6-4-5-7-13)21(18,19)14-10-15(16)20-12(14)3/h10-11,13H,4-9H2,1-3H3. The third-order valence-corrected chi connectivity index (χ3v) is 7.85. The Kier molecular flexibility index (Phi) is 5.91. The van der Waals surface area contributed by atoms with Crippen LogP contribution < -0.4 is 0 Å². The Morgan fingerprint density at radius 3 is 2.48 bits per heavy atom. The van der Waals surface area contributed by atoms with Crippen LogP contribution in [0.1, 0.15) is 50.8 Å². The molecule has 0 amide bonds. The summed E-state index contributed by atoms with van der Waals surface area (Å²) in [5, 5.41) is 0. The maximum atomic E-state index is 13.1. The van der Waals surface area contributed by atoms with E-state index in [0.29, 0.717) is 17.4 Å². The Labute approximate surface area is 140 Å². The van der Waals surface area contributed by atoms with Gasteiger partial charge in [0.1, 0.15) is 0 Å². The van der Waals surface area contributed by atoms with Crippen molar-refractivity contribution in [1.82, 2.24) is 4.31 Å². The van der Waals surface area contributed by atoms with Crippen molar-refractivity contribution < 1.29 is 8.42 Å². The zero-order valence-electron chi connectivity index (χ0n) is 12.9. The highest BCUT2D eigenvalue weighted by molar-refractivity contribution is 9.11. The molecule has 1 fully saturated rings. The molecule has 1 heterocycles. The molecule has 0 radical (unpaired) electrons. The van der Waals surface area contributed by atoms with Crippen molar-refractivity contribution in [3.8, 4) is 0 Å². The fraction of sp³-hybridized carbons (Fsp3) is 0.733. The van der Waals surface area contributed by atoms with Crippen molar-refractivity contribution in [2.45, 2.75) is 63.8 Å². The van der Waals surface area contributed by atoms with Gasteiger partial charge in [0, 0.05) is 17.5 Å². The van der Waals surface area contributed by atoms with Crippen LogP contribution in [0.5, 0.6) is 0 Å². The molecule has 0 aliphatic heterocycles. The second-order valence-corrected chi connectivity index (χ2v) is 10.7. The lowest BCUT2D eigenvalue weighted by molar-refractivity contribution is 0.304. The molecule has 1 aromatic rings. The van der Waals surface area contributed by atoms with Crippen molar-refractivity contribution in [2.75, 3.05) is 6.54 Å². The SMILES string of the molecule is Cc1sc(Br)cc1S(=O)(=O)N(CCC(C)C)C1CCCC1. The van der Waals surface area contributed by atoms with Crippen molar-refractivity contribution in [3.63, 3.8) is 0 Å². The molecular weight excluding hydrogens is 370 g/mol. The average Bonchev–Trinajstić information content (AvgIpc) is 2.99. The maximum absolute atomic E-state index is 13.1. The second-order valence-electron chi connectivity index (χ2n) is 6.21. The predicted molar refractivity (Wildman–Crippen MR) is 92.4 cm³/mol. The summed E-state index contributed by atoms with van der Waals surface area (Å²) in [7, 11) is -3.38. The Morgan fingerprint density at radius 1 is 1.38 bits per heavy atom. The molecule has 0 spiro atoms. The van der Waals surface area contributed by atoms with Crippen LogP contribution in [0.3, 0.4) is 0 Å². The van der Waals surface area contributed by atoms with Gasteiger partial charge in [-0.25, -0.2) is 8.42 Å². The number of hydrogen-bond donors (Lipinski definition) is 0. The van der Waals surface area contributed by atoms with Crippen LogP contribution in [0.15, 0.2) is 14.7 Å². The lowest BCUT2D eigenvalue weighted by Crippen LogP contribution is -2.40. The van der Waals surface area contributed by atoms with Gasteiger partial charge in [0.25, 0.3) is 0 Å². The lowest BCUT2D eigenvalue weighted by atomic mass is 10.1. The number of halogens is 1. The number of rotatable bonds is 6. The van der Waals surface area contributed by atoms with Crippen molar-refractivity contribution in [2.24, 2.45) is 5.92 Å². The molecule has 6 heteroatoms. The van der Waals surface area contributed by atoms with E-state index in [9.17, 15) is 8.42 Å². The molecule has 1 aromatic heterocycles. The molecule has 2 rings (SSSR count). The number of hydrogen-bond acceptors (Lipinski definition) is 3. The molecule has 1 saturated carbocycles. The molecular formula is C15H24BrNO2S2. The summed E-state index contributed by atoms with van der Waals surface area (Å²) in [5.74, 6) is 0.513. The Hall–Kier alpha value is 0.0900. The van der Waals surface area contributed by atoms with Crippen LogP contribution in [-0.2, 0) is 10.0 Å². The average molecular weight is 394 g/mol. The molecule has 0 N–H and O–H groups in total. The molecule has 0 aromatic carbocycles. The summed E-state index contributed by atoms with van der Waals surface area (Å²) in [6, 6.07) is 1.94. The number of sulfonamides is 1. The largest absolute Gasteiger partial charge is 0.244 e. The van der Waals surface area contributed by atoms with E-state index in [-0.39, 0.29) is 6.04 Å². The number of aryl methyl sites for hydroxylation is 1. The highest BCUT2D eigenvalue weighted by Gasteiger charge is 2.34. The van der Waals surface area contributed by atoms with Gasteiger partial charge in [-0.15, -0.1) is 11.3 Å². The van der Waals surface area contributed by atoms with Crippen molar-refractivity contribution >= 4 is 37.3 Å². The highest BCUT2D eigenvalue weighted by Crippen LogP contribution is 2.35. The van der Waals surface area contributed by atoms with Crippen LogP contribution in [0, 0.1) is 12.8 Å². The summed E-state index contributed by atoms with van der Waals surface area (Å²) >= 11 is 4.90. The minimum absolute atomic E-state index is 0.187. The fourth-order valence-electron chi connectivity index (χ4n) is 2.89. The van der Waals surface area contributed by atoms with E-state index >= 15 is 0 Å². The van der Waals surface area contributed by atoms with Gasteiger partial charge in [0.2, 0.25) is 10.0 Å². The zero-order valence-corrected chi connectivity index (χ0v) is 16.2. The first-order valence-corrected chi connectivity index (χ1v) is 10.6.